The van der Waals surface area contributed by atoms with Crippen molar-refractivity contribution in [2.75, 3.05) is 6.54 Å². The molecule has 0 amide bonds. The first-order chi connectivity index (χ1) is 9.07. The zero-order chi connectivity index (χ0) is 13.9. The zero-order valence-corrected chi connectivity index (χ0v) is 11.3. The Bertz CT molecular complexity index is 491. The Balaban J connectivity index is 2.19. The van der Waals surface area contributed by atoms with Gasteiger partial charge in [0, 0.05) is 24.9 Å². The van der Waals surface area contributed by atoms with Crippen LogP contribution >= 0.6 is 0 Å². The molecule has 1 aromatic carbocycles. The van der Waals surface area contributed by atoms with E-state index in [0.29, 0.717) is 12.0 Å². The van der Waals surface area contributed by atoms with E-state index in [0.717, 1.165) is 6.54 Å². The van der Waals surface area contributed by atoms with Gasteiger partial charge in [0.15, 0.2) is 5.60 Å². The fraction of sp³-hybridized carbons (Fsp3) is 0.438. The second kappa shape index (κ2) is 5.46. The molecule has 0 aromatic heterocycles. The molecule has 1 aliphatic heterocycles. The van der Waals surface area contributed by atoms with Gasteiger partial charge in [0.25, 0.3) is 0 Å². The fourth-order valence-corrected chi connectivity index (χ4v) is 2.44. The van der Waals surface area contributed by atoms with E-state index in [1.165, 1.54) is 0 Å². The largest absolute Gasteiger partial charge is 0.442 e. The molecule has 3 heteroatoms. The molecule has 1 aliphatic rings. The van der Waals surface area contributed by atoms with Crippen molar-refractivity contribution in [2.45, 2.75) is 31.9 Å². The topological polar surface area (TPSA) is 38.3 Å². The van der Waals surface area contributed by atoms with E-state index in [1.54, 1.807) is 12.1 Å². The van der Waals surface area contributed by atoms with Gasteiger partial charge in [-0.2, -0.15) is 0 Å². The highest BCUT2D eigenvalue weighted by molar-refractivity contribution is 5.89. The first-order valence-corrected chi connectivity index (χ1v) is 6.57. The molecular formula is C16H19NO2. The predicted octanol–water partition coefficient (Wildman–Crippen LogP) is 2.23. The van der Waals surface area contributed by atoms with Gasteiger partial charge in [-0.25, -0.2) is 4.79 Å². The summed E-state index contributed by atoms with van der Waals surface area (Å²) in [5.74, 6) is 2.47. The molecule has 1 aromatic rings. The summed E-state index contributed by atoms with van der Waals surface area (Å²) in [6.07, 6.45) is 6.30. The summed E-state index contributed by atoms with van der Waals surface area (Å²) in [5, 5.41) is 3.35. The van der Waals surface area contributed by atoms with Gasteiger partial charge in [-0.05, 0) is 19.1 Å². The summed E-state index contributed by atoms with van der Waals surface area (Å²) in [6.45, 7) is 4.82. The van der Waals surface area contributed by atoms with E-state index in [-0.39, 0.29) is 17.9 Å². The third-order valence-corrected chi connectivity index (χ3v) is 3.71. The quantitative estimate of drug-likeness (QED) is 0.652. The van der Waals surface area contributed by atoms with Crippen LogP contribution in [-0.2, 0) is 4.74 Å². The van der Waals surface area contributed by atoms with E-state index in [2.05, 4.69) is 11.2 Å². The summed E-state index contributed by atoms with van der Waals surface area (Å²) in [4.78, 5) is 12.2. The average molecular weight is 257 g/mol. The van der Waals surface area contributed by atoms with Gasteiger partial charge in [0.05, 0.1) is 5.56 Å². The fourth-order valence-electron chi connectivity index (χ4n) is 2.44. The number of hydrogen-bond acceptors (Lipinski definition) is 3. The lowest BCUT2D eigenvalue weighted by atomic mass is 9.80. The highest BCUT2D eigenvalue weighted by atomic mass is 16.6. The molecule has 1 heterocycles. The Hall–Kier alpha value is -1.79. The first kappa shape index (κ1) is 13.6. The van der Waals surface area contributed by atoms with Gasteiger partial charge in [0.2, 0.25) is 0 Å². The second-order valence-electron chi connectivity index (χ2n) is 5.20. The molecule has 1 fully saturated rings. The van der Waals surface area contributed by atoms with E-state index in [4.69, 9.17) is 11.2 Å². The standard InChI is InChI=1S/C16H19NO2/c1-4-16(10-13(3)17-11-12(16)2)19-15(18)14-8-6-5-7-9-14/h1,5-9,12-13,17H,10-11H2,2-3H3. The zero-order valence-electron chi connectivity index (χ0n) is 11.3. The van der Waals surface area contributed by atoms with Crippen LogP contribution in [0.3, 0.4) is 0 Å². The lowest BCUT2D eigenvalue weighted by Gasteiger charge is -2.41. The molecular weight excluding hydrogens is 238 g/mol. The molecule has 0 radical (unpaired) electrons. The number of ether oxygens (including phenoxy) is 1. The predicted molar refractivity (Wildman–Crippen MR) is 74.7 cm³/mol. The van der Waals surface area contributed by atoms with E-state index < -0.39 is 5.60 Å². The van der Waals surface area contributed by atoms with Crippen LogP contribution < -0.4 is 5.32 Å². The molecule has 3 unspecified atom stereocenters. The summed E-state index contributed by atoms with van der Waals surface area (Å²) in [5.41, 5.74) is -0.270. The molecule has 0 aliphatic carbocycles. The molecule has 0 bridgehead atoms. The molecule has 2 rings (SSSR count). The number of nitrogens with one attached hydrogen (secondary N) is 1. The minimum atomic E-state index is -0.808. The Kier molecular flexibility index (Phi) is 3.92. The maximum absolute atomic E-state index is 12.2. The molecule has 19 heavy (non-hydrogen) atoms. The van der Waals surface area contributed by atoms with E-state index in [1.807, 2.05) is 32.0 Å². The molecule has 3 nitrogen and oxygen atoms in total. The summed E-state index contributed by atoms with van der Waals surface area (Å²) in [7, 11) is 0. The van der Waals surface area contributed by atoms with Crippen molar-refractivity contribution >= 4 is 5.97 Å². The van der Waals surface area contributed by atoms with Crippen LogP contribution in [0.2, 0.25) is 0 Å². The van der Waals surface area contributed by atoms with Crippen LogP contribution in [0.15, 0.2) is 30.3 Å². The Morgan fingerprint density at radius 3 is 2.74 bits per heavy atom. The molecule has 3 atom stereocenters. The first-order valence-electron chi connectivity index (χ1n) is 6.57. The summed E-state index contributed by atoms with van der Waals surface area (Å²) in [6, 6.07) is 9.21. The van der Waals surface area contributed by atoms with Gasteiger partial charge in [-0.3, -0.25) is 0 Å². The Labute approximate surface area is 114 Å². The number of carbonyl (C=O) groups is 1. The highest BCUT2D eigenvalue weighted by Crippen LogP contribution is 2.31. The van der Waals surface area contributed by atoms with Crippen molar-refractivity contribution in [2.24, 2.45) is 5.92 Å². The third-order valence-electron chi connectivity index (χ3n) is 3.71. The Morgan fingerprint density at radius 2 is 2.11 bits per heavy atom. The number of terminal acetylenes is 1. The molecule has 1 saturated heterocycles. The van der Waals surface area contributed by atoms with Crippen LogP contribution in [0.4, 0.5) is 0 Å². The van der Waals surface area contributed by atoms with Gasteiger partial charge in [0.1, 0.15) is 0 Å². The lowest BCUT2D eigenvalue weighted by molar-refractivity contribution is -0.0333. The van der Waals surface area contributed by atoms with Gasteiger partial charge in [-0.15, -0.1) is 6.42 Å². The number of piperidine rings is 1. The minimum Gasteiger partial charge on any atom is -0.442 e. The molecule has 1 N–H and O–H groups in total. The second-order valence-corrected chi connectivity index (χ2v) is 5.20. The van der Waals surface area contributed by atoms with Crippen molar-refractivity contribution in [3.8, 4) is 12.3 Å². The van der Waals surface area contributed by atoms with E-state index >= 15 is 0 Å². The third kappa shape index (κ3) is 2.80. The van der Waals surface area contributed by atoms with Crippen molar-refractivity contribution in [3.05, 3.63) is 35.9 Å². The monoisotopic (exact) mass is 257 g/mol. The van der Waals surface area contributed by atoms with Crippen molar-refractivity contribution in [1.82, 2.24) is 5.32 Å². The lowest BCUT2D eigenvalue weighted by Crippen LogP contribution is -2.54. The van der Waals surface area contributed by atoms with Crippen LogP contribution in [0.1, 0.15) is 30.6 Å². The smallest absolute Gasteiger partial charge is 0.339 e. The van der Waals surface area contributed by atoms with Crippen molar-refractivity contribution < 1.29 is 9.53 Å². The normalized spacial score (nSPS) is 30.4. The van der Waals surface area contributed by atoms with Gasteiger partial charge >= 0.3 is 5.97 Å². The van der Waals surface area contributed by atoms with Crippen LogP contribution in [0.25, 0.3) is 0 Å². The summed E-state index contributed by atoms with van der Waals surface area (Å²) < 4.78 is 5.68. The average Bonchev–Trinajstić information content (AvgIpc) is 2.43. The summed E-state index contributed by atoms with van der Waals surface area (Å²) >= 11 is 0. The van der Waals surface area contributed by atoms with E-state index in [9.17, 15) is 4.79 Å². The highest BCUT2D eigenvalue weighted by Gasteiger charge is 2.42. The minimum absolute atomic E-state index is 0.0985. The van der Waals surface area contributed by atoms with Crippen molar-refractivity contribution in [3.63, 3.8) is 0 Å². The maximum atomic E-state index is 12.2. The SMILES string of the molecule is C#CC1(OC(=O)c2ccccc2)CC(C)NCC1C. The van der Waals surface area contributed by atoms with Crippen LogP contribution in [-0.4, -0.2) is 24.2 Å². The van der Waals surface area contributed by atoms with Crippen LogP contribution in [0.5, 0.6) is 0 Å². The number of hydrogen-bond donors (Lipinski definition) is 1. The molecule has 0 spiro atoms. The van der Waals surface area contributed by atoms with Crippen LogP contribution in [0, 0.1) is 18.3 Å². The number of benzene rings is 1. The number of esters is 1. The Morgan fingerprint density at radius 1 is 1.42 bits per heavy atom. The van der Waals surface area contributed by atoms with Gasteiger partial charge < -0.3 is 10.1 Å². The molecule has 0 saturated carbocycles. The maximum Gasteiger partial charge on any atom is 0.339 e. The van der Waals surface area contributed by atoms with Gasteiger partial charge in [-0.1, -0.05) is 31.0 Å². The van der Waals surface area contributed by atoms with Crippen molar-refractivity contribution in [1.29, 1.82) is 0 Å². The molecule has 100 valence electrons. The number of rotatable bonds is 2. The number of carbonyl (C=O) groups excluding carboxylic acids is 1.